The van der Waals surface area contributed by atoms with Crippen molar-refractivity contribution in [3.05, 3.63) is 35.5 Å². The van der Waals surface area contributed by atoms with Gasteiger partial charge in [0.05, 0.1) is 6.61 Å². The summed E-state index contributed by atoms with van der Waals surface area (Å²) in [7, 11) is 0. The van der Waals surface area contributed by atoms with Gasteiger partial charge in [-0.25, -0.2) is 4.79 Å². The van der Waals surface area contributed by atoms with Crippen molar-refractivity contribution < 1.29 is 9.53 Å². The predicted molar refractivity (Wildman–Crippen MR) is 75.3 cm³/mol. The van der Waals surface area contributed by atoms with E-state index in [2.05, 4.69) is 11.1 Å². The number of hydrogen-bond donors (Lipinski definition) is 1. The Balaban J connectivity index is 2.02. The Labute approximate surface area is 113 Å². The van der Waals surface area contributed by atoms with Gasteiger partial charge in [-0.15, -0.1) is 0 Å². The molecular formula is C16H19NO2. The third-order valence-corrected chi connectivity index (χ3v) is 4.01. The molecule has 0 spiro atoms. The van der Waals surface area contributed by atoms with E-state index in [0.717, 1.165) is 28.8 Å². The van der Waals surface area contributed by atoms with Crippen molar-refractivity contribution in [1.82, 2.24) is 4.98 Å². The Morgan fingerprint density at radius 3 is 2.84 bits per heavy atom. The molecule has 1 saturated carbocycles. The van der Waals surface area contributed by atoms with Crippen LogP contribution in [-0.2, 0) is 11.2 Å². The first-order chi connectivity index (χ1) is 9.29. The summed E-state index contributed by atoms with van der Waals surface area (Å²) in [6.07, 6.45) is 4.86. The molecule has 2 aromatic rings. The summed E-state index contributed by atoms with van der Waals surface area (Å²) in [5.41, 5.74) is 2.81. The zero-order valence-corrected chi connectivity index (χ0v) is 11.2. The molecule has 1 fully saturated rings. The molecule has 0 radical (unpaired) electrons. The fourth-order valence-corrected chi connectivity index (χ4v) is 2.78. The Morgan fingerprint density at radius 2 is 2.16 bits per heavy atom. The minimum atomic E-state index is -0.229. The second kappa shape index (κ2) is 5.08. The summed E-state index contributed by atoms with van der Waals surface area (Å²) >= 11 is 0. The van der Waals surface area contributed by atoms with Crippen LogP contribution in [0.5, 0.6) is 0 Å². The second-order valence-corrected chi connectivity index (χ2v) is 5.25. The number of H-pyrrole nitrogens is 1. The van der Waals surface area contributed by atoms with Gasteiger partial charge in [0, 0.05) is 10.9 Å². The Morgan fingerprint density at radius 1 is 1.37 bits per heavy atom. The monoisotopic (exact) mass is 257 g/mol. The van der Waals surface area contributed by atoms with E-state index < -0.39 is 0 Å². The molecule has 3 rings (SSSR count). The molecule has 19 heavy (non-hydrogen) atoms. The van der Waals surface area contributed by atoms with Gasteiger partial charge in [0.25, 0.3) is 0 Å². The average molecular weight is 257 g/mol. The SMILES string of the molecule is CCOC(=O)c1[nH]c2ccccc2c1CC1CCC1. The van der Waals surface area contributed by atoms with E-state index in [9.17, 15) is 4.79 Å². The van der Waals surface area contributed by atoms with Gasteiger partial charge in [-0.2, -0.15) is 0 Å². The van der Waals surface area contributed by atoms with Gasteiger partial charge in [0.15, 0.2) is 0 Å². The lowest BCUT2D eigenvalue weighted by atomic mass is 9.80. The molecule has 0 saturated heterocycles. The largest absolute Gasteiger partial charge is 0.461 e. The number of rotatable bonds is 4. The van der Waals surface area contributed by atoms with Crippen LogP contribution >= 0.6 is 0 Å². The van der Waals surface area contributed by atoms with Gasteiger partial charge in [-0.05, 0) is 30.9 Å². The number of esters is 1. The van der Waals surface area contributed by atoms with E-state index in [0.29, 0.717) is 12.3 Å². The first-order valence-corrected chi connectivity index (χ1v) is 7.06. The maximum Gasteiger partial charge on any atom is 0.355 e. The number of para-hydroxylation sites is 1. The van der Waals surface area contributed by atoms with Crippen LogP contribution < -0.4 is 0 Å². The molecule has 0 bridgehead atoms. The molecule has 1 aliphatic carbocycles. The Kier molecular flexibility index (Phi) is 3.28. The van der Waals surface area contributed by atoms with Gasteiger partial charge in [-0.3, -0.25) is 0 Å². The first kappa shape index (κ1) is 12.3. The Bertz CT molecular complexity index is 596. The highest BCUT2D eigenvalue weighted by atomic mass is 16.5. The number of ether oxygens (including phenoxy) is 1. The van der Waals surface area contributed by atoms with Gasteiger partial charge in [-0.1, -0.05) is 37.5 Å². The molecule has 1 aromatic carbocycles. The third-order valence-electron chi connectivity index (χ3n) is 4.01. The standard InChI is InChI=1S/C16H19NO2/c1-2-19-16(18)15-13(10-11-6-5-7-11)12-8-3-4-9-14(12)17-15/h3-4,8-9,11,17H,2,5-7,10H2,1H3. The number of fused-ring (bicyclic) bond motifs is 1. The average Bonchev–Trinajstić information content (AvgIpc) is 2.73. The smallest absolute Gasteiger partial charge is 0.355 e. The maximum atomic E-state index is 12.1. The van der Waals surface area contributed by atoms with E-state index in [4.69, 9.17) is 4.74 Å². The lowest BCUT2D eigenvalue weighted by Gasteiger charge is -2.25. The summed E-state index contributed by atoms with van der Waals surface area (Å²) in [6, 6.07) is 8.11. The number of nitrogens with one attached hydrogen (secondary N) is 1. The summed E-state index contributed by atoms with van der Waals surface area (Å²) in [6.45, 7) is 2.25. The van der Waals surface area contributed by atoms with Crippen molar-refractivity contribution in [2.24, 2.45) is 5.92 Å². The molecule has 0 amide bonds. The summed E-state index contributed by atoms with van der Waals surface area (Å²) in [4.78, 5) is 15.3. The van der Waals surface area contributed by atoms with Gasteiger partial charge in [0.1, 0.15) is 5.69 Å². The van der Waals surface area contributed by atoms with E-state index in [1.807, 2.05) is 25.1 Å². The lowest BCUT2D eigenvalue weighted by molar-refractivity contribution is 0.0519. The van der Waals surface area contributed by atoms with E-state index >= 15 is 0 Å². The zero-order valence-electron chi connectivity index (χ0n) is 11.2. The van der Waals surface area contributed by atoms with E-state index in [-0.39, 0.29) is 5.97 Å². The van der Waals surface area contributed by atoms with Crippen molar-refractivity contribution in [3.63, 3.8) is 0 Å². The highest BCUT2D eigenvalue weighted by Gasteiger charge is 2.24. The summed E-state index contributed by atoms with van der Waals surface area (Å²) < 4.78 is 5.16. The lowest BCUT2D eigenvalue weighted by Crippen LogP contribution is -2.16. The number of aromatic nitrogens is 1. The minimum Gasteiger partial charge on any atom is -0.461 e. The van der Waals surface area contributed by atoms with Gasteiger partial charge >= 0.3 is 5.97 Å². The summed E-state index contributed by atoms with van der Waals surface area (Å²) in [5.74, 6) is 0.500. The van der Waals surface area contributed by atoms with Crippen LogP contribution in [0.1, 0.15) is 42.2 Å². The molecule has 1 aliphatic rings. The fourth-order valence-electron chi connectivity index (χ4n) is 2.78. The third kappa shape index (κ3) is 2.25. The highest BCUT2D eigenvalue weighted by Crippen LogP contribution is 2.33. The molecule has 1 N–H and O–H groups in total. The van der Waals surface area contributed by atoms with E-state index in [1.165, 1.54) is 19.3 Å². The normalized spacial score (nSPS) is 15.4. The molecule has 0 atom stereocenters. The molecule has 1 heterocycles. The second-order valence-electron chi connectivity index (χ2n) is 5.25. The molecule has 1 aromatic heterocycles. The van der Waals surface area contributed by atoms with E-state index in [1.54, 1.807) is 0 Å². The van der Waals surface area contributed by atoms with Crippen LogP contribution in [0.3, 0.4) is 0 Å². The van der Waals surface area contributed by atoms with Crippen molar-refractivity contribution in [1.29, 1.82) is 0 Å². The van der Waals surface area contributed by atoms with Crippen LogP contribution in [0.15, 0.2) is 24.3 Å². The quantitative estimate of drug-likeness (QED) is 0.849. The van der Waals surface area contributed by atoms with Gasteiger partial charge < -0.3 is 9.72 Å². The zero-order chi connectivity index (χ0) is 13.2. The first-order valence-electron chi connectivity index (χ1n) is 7.06. The van der Waals surface area contributed by atoms with Gasteiger partial charge in [0.2, 0.25) is 0 Å². The van der Waals surface area contributed by atoms with Crippen LogP contribution in [0.4, 0.5) is 0 Å². The topological polar surface area (TPSA) is 42.1 Å². The Hall–Kier alpha value is -1.77. The molecular weight excluding hydrogens is 238 g/mol. The molecule has 100 valence electrons. The minimum absolute atomic E-state index is 0.229. The van der Waals surface area contributed by atoms with Crippen molar-refractivity contribution in [3.8, 4) is 0 Å². The molecule has 0 unspecified atom stereocenters. The number of carbonyl (C=O) groups excluding carboxylic acids is 1. The van der Waals surface area contributed by atoms with Crippen LogP contribution in [0, 0.1) is 5.92 Å². The molecule has 3 nitrogen and oxygen atoms in total. The number of carbonyl (C=O) groups is 1. The molecule has 0 aliphatic heterocycles. The summed E-state index contributed by atoms with van der Waals surface area (Å²) in [5, 5.41) is 1.16. The number of aromatic amines is 1. The van der Waals surface area contributed by atoms with Crippen LogP contribution in [-0.4, -0.2) is 17.6 Å². The van der Waals surface area contributed by atoms with Crippen LogP contribution in [0.2, 0.25) is 0 Å². The number of hydrogen-bond acceptors (Lipinski definition) is 2. The van der Waals surface area contributed by atoms with Crippen molar-refractivity contribution in [2.45, 2.75) is 32.6 Å². The number of benzene rings is 1. The maximum absolute atomic E-state index is 12.1. The predicted octanol–water partition coefficient (Wildman–Crippen LogP) is 3.69. The fraction of sp³-hybridized carbons (Fsp3) is 0.438. The van der Waals surface area contributed by atoms with Crippen molar-refractivity contribution in [2.75, 3.05) is 6.61 Å². The highest BCUT2D eigenvalue weighted by molar-refractivity contribution is 5.98. The van der Waals surface area contributed by atoms with Crippen LogP contribution in [0.25, 0.3) is 10.9 Å². The van der Waals surface area contributed by atoms with Crippen molar-refractivity contribution >= 4 is 16.9 Å². The molecule has 3 heteroatoms.